The number of hydrogen-bond donors (Lipinski definition) is 2. The van der Waals surface area contributed by atoms with Crippen molar-refractivity contribution in [2.24, 2.45) is 5.73 Å². The van der Waals surface area contributed by atoms with Crippen LogP contribution in [0.25, 0.3) is 0 Å². The molecule has 3 aromatic rings. The lowest BCUT2D eigenvalue weighted by Gasteiger charge is -2.42. The van der Waals surface area contributed by atoms with Gasteiger partial charge in [-0.1, -0.05) is 66.7 Å². The minimum atomic E-state index is -1.54. The van der Waals surface area contributed by atoms with Crippen LogP contribution in [-0.2, 0) is 25.6 Å². The van der Waals surface area contributed by atoms with E-state index in [9.17, 15) is 14.7 Å². The van der Waals surface area contributed by atoms with Crippen molar-refractivity contribution in [2.45, 2.75) is 37.3 Å². The van der Waals surface area contributed by atoms with Crippen LogP contribution in [-0.4, -0.2) is 54.3 Å². The Bertz CT molecular complexity index is 1090. The fourth-order valence-electron chi connectivity index (χ4n) is 3.77. The summed E-state index contributed by atoms with van der Waals surface area (Å²) in [6.45, 7) is -0.0433. The fraction of sp³-hybridized carbons (Fsp3) is 0.259. The summed E-state index contributed by atoms with van der Waals surface area (Å²) in [4.78, 5) is 25.0. The van der Waals surface area contributed by atoms with Gasteiger partial charge in [0.2, 0.25) is 0 Å². The molecule has 0 aromatic heterocycles. The van der Waals surface area contributed by atoms with E-state index >= 15 is 0 Å². The lowest BCUT2D eigenvalue weighted by atomic mass is 9.96. The summed E-state index contributed by atoms with van der Waals surface area (Å²) in [5.41, 5.74) is 8.00. The molecule has 3 aromatic carbocycles. The summed E-state index contributed by atoms with van der Waals surface area (Å²) in [5, 5.41) is 10.7. The Morgan fingerprint density at radius 2 is 1.34 bits per heavy atom. The highest BCUT2D eigenvalue weighted by atomic mass is 16.7. The number of hydrogen-bond acceptors (Lipinski definition) is 8. The second-order valence-electron chi connectivity index (χ2n) is 8.10. The molecule has 0 unspecified atom stereocenters. The van der Waals surface area contributed by atoms with Crippen LogP contribution in [0.4, 0.5) is 0 Å². The first kappa shape index (κ1) is 24.6. The van der Waals surface area contributed by atoms with E-state index in [2.05, 4.69) is 0 Å². The first-order valence-corrected chi connectivity index (χ1v) is 11.3. The lowest BCUT2D eigenvalue weighted by molar-refractivity contribution is -0.267. The SMILES string of the molecule is N[C@H]1[C@H](OCc2ccccc2)[C@@H](OC(=O)c2ccccc2)[C@@H](O)O[C@@H]1COC(=O)c1ccccc1. The van der Waals surface area contributed by atoms with Gasteiger partial charge in [-0.3, -0.25) is 0 Å². The summed E-state index contributed by atoms with van der Waals surface area (Å²) in [6, 6.07) is 25.4. The normalized spacial score (nSPS) is 23.9. The topological polar surface area (TPSA) is 117 Å². The van der Waals surface area contributed by atoms with Crippen LogP contribution >= 0.6 is 0 Å². The lowest BCUT2D eigenvalue weighted by Crippen LogP contribution is -2.64. The highest BCUT2D eigenvalue weighted by molar-refractivity contribution is 5.89. The van der Waals surface area contributed by atoms with Crippen molar-refractivity contribution < 1.29 is 33.6 Å². The zero-order valence-corrected chi connectivity index (χ0v) is 18.9. The van der Waals surface area contributed by atoms with E-state index in [0.717, 1.165) is 5.56 Å². The molecule has 1 fully saturated rings. The van der Waals surface area contributed by atoms with Crippen LogP contribution in [0.3, 0.4) is 0 Å². The number of ether oxygens (including phenoxy) is 4. The van der Waals surface area contributed by atoms with Crippen molar-refractivity contribution in [2.75, 3.05) is 6.61 Å². The largest absolute Gasteiger partial charge is 0.459 e. The molecule has 5 atom stereocenters. The van der Waals surface area contributed by atoms with Gasteiger partial charge in [0.15, 0.2) is 12.4 Å². The Morgan fingerprint density at radius 3 is 1.94 bits per heavy atom. The maximum Gasteiger partial charge on any atom is 0.338 e. The molecule has 1 aliphatic heterocycles. The molecule has 0 saturated carbocycles. The van der Waals surface area contributed by atoms with Crippen molar-refractivity contribution in [1.29, 1.82) is 0 Å². The Morgan fingerprint density at radius 1 is 0.800 bits per heavy atom. The van der Waals surface area contributed by atoms with Crippen molar-refractivity contribution in [3.63, 3.8) is 0 Å². The van der Waals surface area contributed by atoms with Gasteiger partial charge in [-0.2, -0.15) is 0 Å². The summed E-state index contributed by atoms with van der Waals surface area (Å²) >= 11 is 0. The summed E-state index contributed by atoms with van der Waals surface area (Å²) in [5.74, 6) is -1.19. The summed E-state index contributed by atoms with van der Waals surface area (Å²) < 4.78 is 22.6. The highest BCUT2D eigenvalue weighted by Crippen LogP contribution is 2.26. The van der Waals surface area contributed by atoms with E-state index in [4.69, 9.17) is 24.7 Å². The smallest absolute Gasteiger partial charge is 0.338 e. The molecule has 0 radical (unpaired) electrons. The Labute approximate surface area is 203 Å². The molecular weight excluding hydrogens is 450 g/mol. The number of esters is 2. The van der Waals surface area contributed by atoms with Crippen molar-refractivity contribution in [3.05, 3.63) is 108 Å². The van der Waals surface area contributed by atoms with Gasteiger partial charge in [0.05, 0.1) is 23.8 Å². The van der Waals surface area contributed by atoms with Crippen LogP contribution in [0.15, 0.2) is 91.0 Å². The van der Waals surface area contributed by atoms with E-state index in [1.54, 1.807) is 60.7 Å². The summed E-state index contributed by atoms with van der Waals surface area (Å²) in [6.07, 6.45) is -4.54. The molecule has 0 amide bonds. The molecule has 1 heterocycles. The zero-order chi connectivity index (χ0) is 24.6. The standard InChI is InChI=1S/C27H27NO7/c28-22-21(17-33-25(29)19-12-6-2-7-13-19)34-27(31)24(35-26(30)20-14-8-3-9-15-20)23(22)32-16-18-10-4-1-5-11-18/h1-15,21-24,27,31H,16-17,28H2/t21-,22-,23+,24-,27+/m1/s1. The third kappa shape index (κ3) is 6.32. The van der Waals surface area contributed by atoms with E-state index in [1.165, 1.54) is 0 Å². The average Bonchev–Trinajstić information content (AvgIpc) is 2.90. The molecule has 3 N–H and O–H groups in total. The van der Waals surface area contributed by atoms with E-state index in [-0.39, 0.29) is 13.2 Å². The Balaban J connectivity index is 1.47. The predicted octanol–water partition coefficient (Wildman–Crippen LogP) is 2.70. The number of carbonyl (C=O) groups is 2. The number of benzene rings is 3. The molecule has 1 saturated heterocycles. The molecule has 0 aliphatic carbocycles. The van der Waals surface area contributed by atoms with Gasteiger partial charge >= 0.3 is 11.9 Å². The third-order valence-corrected chi connectivity index (χ3v) is 5.65. The summed E-state index contributed by atoms with van der Waals surface area (Å²) in [7, 11) is 0. The molecule has 0 spiro atoms. The van der Waals surface area contributed by atoms with Gasteiger partial charge in [-0.15, -0.1) is 0 Å². The van der Waals surface area contributed by atoms with Crippen molar-refractivity contribution in [1.82, 2.24) is 0 Å². The molecule has 182 valence electrons. The van der Waals surface area contributed by atoms with Gasteiger partial charge in [0.25, 0.3) is 0 Å². The quantitative estimate of drug-likeness (QED) is 0.476. The minimum absolute atomic E-state index is 0.168. The van der Waals surface area contributed by atoms with Gasteiger partial charge < -0.3 is 29.8 Å². The first-order chi connectivity index (χ1) is 17.0. The second kappa shape index (κ2) is 11.7. The van der Waals surface area contributed by atoms with E-state index in [0.29, 0.717) is 11.1 Å². The second-order valence-corrected chi connectivity index (χ2v) is 8.10. The van der Waals surface area contributed by atoms with Crippen LogP contribution in [0.1, 0.15) is 26.3 Å². The van der Waals surface area contributed by atoms with E-state index in [1.807, 2.05) is 30.3 Å². The van der Waals surface area contributed by atoms with E-state index < -0.39 is 42.6 Å². The third-order valence-electron chi connectivity index (χ3n) is 5.65. The first-order valence-electron chi connectivity index (χ1n) is 11.3. The minimum Gasteiger partial charge on any atom is -0.459 e. The molecule has 0 bridgehead atoms. The molecule has 8 nitrogen and oxygen atoms in total. The Kier molecular flexibility index (Phi) is 8.23. The van der Waals surface area contributed by atoms with Crippen molar-refractivity contribution in [3.8, 4) is 0 Å². The molecular formula is C27H27NO7. The number of carbonyl (C=O) groups excluding carboxylic acids is 2. The number of rotatable bonds is 8. The molecule has 35 heavy (non-hydrogen) atoms. The van der Waals surface area contributed by atoms with Gasteiger partial charge in [0, 0.05) is 0 Å². The molecule has 8 heteroatoms. The average molecular weight is 478 g/mol. The monoisotopic (exact) mass is 477 g/mol. The van der Waals surface area contributed by atoms with Crippen molar-refractivity contribution >= 4 is 11.9 Å². The number of nitrogens with two attached hydrogens (primary N) is 1. The number of aliphatic hydroxyl groups excluding tert-OH is 1. The van der Waals surface area contributed by atoms with Gasteiger partial charge in [-0.25, -0.2) is 9.59 Å². The maximum atomic E-state index is 12.7. The molecule has 1 aliphatic rings. The fourth-order valence-corrected chi connectivity index (χ4v) is 3.77. The van der Waals surface area contributed by atoms with Crippen LogP contribution in [0.2, 0.25) is 0 Å². The van der Waals surface area contributed by atoms with Crippen LogP contribution < -0.4 is 5.73 Å². The Hall–Kier alpha value is -3.56. The predicted molar refractivity (Wildman–Crippen MR) is 126 cm³/mol. The van der Waals surface area contributed by atoms with Crippen LogP contribution in [0, 0.1) is 0 Å². The van der Waals surface area contributed by atoms with Crippen LogP contribution in [0.5, 0.6) is 0 Å². The zero-order valence-electron chi connectivity index (χ0n) is 18.9. The van der Waals surface area contributed by atoms with Gasteiger partial charge in [0.1, 0.15) is 18.8 Å². The highest BCUT2D eigenvalue weighted by Gasteiger charge is 2.47. The number of aliphatic hydroxyl groups is 1. The maximum absolute atomic E-state index is 12.7. The molecule has 4 rings (SSSR count). The van der Waals surface area contributed by atoms with Gasteiger partial charge in [-0.05, 0) is 29.8 Å².